The van der Waals surface area contributed by atoms with Gasteiger partial charge in [0.15, 0.2) is 0 Å². The number of aryl methyl sites for hydroxylation is 2. The summed E-state index contributed by atoms with van der Waals surface area (Å²) in [5, 5.41) is 10.2. The highest BCUT2D eigenvalue weighted by molar-refractivity contribution is 7.13. The van der Waals surface area contributed by atoms with Crippen molar-refractivity contribution in [3.05, 3.63) is 45.7 Å². The molecule has 0 saturated heterocycles. The lowest BCUT2D eigenvalue weighted by Crippen LogP contribution is -1.99. The fraction of sp³-hybridized carbons (Fsp3) is 0.267. The molecule has 0 atom stereocenters. The normalized spacial score (nSPS) is 14.8. The number of rotatable bonds is 2. The molecular formula is C15H13N3S. The Bertz CT molecular complexity index is 626. The maximum Gasteiger partial charge on any atom is 0.134 e. The molecule has 0 radical (unpaired) electrons. The monoisotopic (exact) mass is 267 g/mol. The highest BCUT2D eigenvalue weighted by Crippen LogP contribution is 2.30. The zero-order chi connectivity index (χ0) is 13.1. The first-order valence-corrected chi connectivity index (χ1v) is 7.19. The Labute approximate surface area is 116 Å². The van der Waals surface area contributed by atoms with Crippen LogP contribution in [-0.4, -0.2) is 9.97 Å². The number of nitriles is 1. The molecule has 0 fully saturated rings. The second-order valence-corrected chi connectivity index (χ2v) is 5.63. The summed E-state index contributed by atoms with van der Waals surface area (Å²) < 4.78 is 0. The maximum atomic E-state index is 9.33. The third-order valence-corrected chi connectivity index (χ3v) is 4.40. The molecule has 19 heavy (non-hydrogen) atoms. The van der Waals surface area contributed by atoms with Gasteiger partial charge >= 0.3 is 0 Å². The fourth-order valence-electron chi connectivity index (χ4n) is 2.24. The van der Waals surface area contributed by atoms with Crippen LogP contribution in [-0.2, 0) is 12.8 Å². The lowest BCUT2D eigenvalue weighted by molar-refractivity contribution is 0.682. The summed E-state index contributed by atoms with van der Waals surface area (Å²) in [6.45, 7) is 0. The number of pyridine rings is 1. The second-order valence-electron chi connectivity index (χ2n) is 4.55. The van der Waals surface area contributed by atoms with Crippen LogP contribution in [0.15, 0.2) is 24.5 Å². The summed E-state index contributed by atoms with van der Waals surface area (Å²) in [6, 6.07) is 6.05. The van der Waals surface area contributed by atoms with Gasteiger partial charge in [-0.25, -0.2) is 4.98 Å². The van der Waals surface area contributed by atoms with Gasteiger partial charge in [0.2, 0.25) is 0 Å². The molecular weight excluding hydrogens is 254 g/mol. The summed E-state index contributed by atoms with van der Waals surface area (Å²) in [4.78, 5) is 9.97. The average Bonchev–Trinajstić information content (AvgIpc) is 2.89. The van der Waals surface area contributed by atoms with E-state index in [0.29, 0.717) is 5.57 Å². The van der Waals surface area contributed by atoms with Gasteiger partial charge in [0, 0.05) is 17.3 Å². The minimum Gasteiger partial charge on any atom is -0.265 e. The van der Waals surface area contributed by atoms with Crippen molar-refractivity contribution in [2.45, 2.75) is 25.7 Å². The van der Waals surface area contributed by atoms with E-state index in [1.165, 1.54) is 23.4 Å². The number of allylic oxidation sites excluding steroid dienone is 1. The zero-order valence-corrected chi connectivity index (χ0v) is 11.3. The van der Waals surface area contributed by atoms with E-state index >= 15 is 0 Å². The summed E-state index contributed by atoms with van der Waals surface area (Å²) in [5.41, 5.74) is 2.83. The minimum absolute atomic E-state index is 0.644. The maximum absolute atomic E-state index is 9.33. The third-order valence-electron chi connectivity index (χ3n) is 3.21. The summed E-state index contributed by atoms with van der Waals surface area (Å²) in [5.74, 6) is 0. The van der Waals surface area contributed by atoms with E-state index in [0.717, 1.165) is 23.4 Å². The van der Waals surface area contributed by atoms with Crippen molar-refractivity contribution < 1.29 is 0 Å². The predicted octanol–water partition coefficient (Wildman–Crippen LogP) is 3.48. The van der Waals surface area contributed by atoms with Crippen molar-refractivity contribution >= 4 is 23.0 Å². The molecule has 0 unspecified atom stereocenters. The molecule has 1 aliphatic rings. The van der Waals surface area contributed by atoms with Gasteiger partial charge in [0.1, 0.15) is 11.1 Å². The molecule has 2 aromatic heterocycles. The average molecular weight is 267 g/mol. The smallest absolute Gasteiger partial charge is 0.134 e. The van der Waals surface area contributed by atoms with Crippen molar-refractivity contribution in [3.8, 4) is 6.07 Å². The van der Waals surface area contributed by atoms with Gasteiger partial charge in [-0.2, -0.15) is 5.26 Å². The second kappa shape index (κ2) is 5.33. The van der Waals surface area contributed by atoms with Gasteiger partial charge in [-0.1, -0.05) is 0 Å². The first kappa shape index (κ1) is 12.1. The lowest BCUT2D eigenvalue weighted by atomic mass is 10.0. The fourth-order valence-corrected chi connectivity index (χ4v) is 3.35. The molecule has 0 bridgehead atoms. The number of hydrogen-bond acceptors (Lipinski definition) is 4. The molecule has 0 amide bonds. The Hall–Kier alpha value is -1.99. The molecule has 94 valence electrons. The SMILES string of the molecule is N#C/C(=C\c1ccncc1)c1nc2c(s1)CCCC2. The van der Waals surface area contributed by atoms with Crippen LogP contribution in [0.5, 0.6) is 0 Å². The van der Waals surface area contributed by atoms with Crippen LogP contribution in [0.25, 0.3) is 11.6 Å². The van der Waals surface area contributed by atoms with E-state index in [2.05, 4.69) is 16.0 Å². The summed E-state index contributed by atoms with van der Waals surface area (Å²) >= 11 is 1.67. The summed E-state index contributed by atoms with van der Waals surface area (Å²) in [6.07, 6.45) is 9.96. The van der Waals surface area contributed by atoms with E-state index in [4.69, 9.17) is 0 Å². The van der Waals surface area contributed by atoms with E-state index in [1.54, 1.807) is 23.7 Å². The third kappa shape index (κ3) is 2.56. The summed E-state index contributed by atoms with van der Waals surface area (Å²) in [7, 11) is 0. The van der Waals surface area contributed by atoms with Crippen LogP contribution in [0.4, 0.5) is 0 Å². The largest absolute Gasteiger partial charge is 0.265 e. The Morgan fingerprint density at radius 1 is 1.26 bits per heavy atom. The van der Waals surface area contributed by atoms with Gasteiger partial charge < -0.3 is 0 Å². The van der Waals surface area contributed by atoms with Crippen LogP contribution >= 0.6 is 11.3 Å². The highest BCUT2D eigenvalue weighted by atomic mass is 32.1. The van der Waals surface area contributed by atoms with Crippen molar-refractivity contribution in [2.24, 2.45) is 0 Å². The van der Waals surface area contributed by atoms with Crippen molar-refractivity contribution in [1.82, 2.24) is 9.97 Å². The molecule has 4 heteroatoms. The number of nitrogens with zero attached hydrogens (tertiary/aromatic N) is 3. The van der Waals surface area contributed by atoms with Crippen LogP contribution in [0, 0.1) is 11.3 Å². The van der Waals surface area contributed by atoms with Gasteiger partial charge in [-0.15, -0.1) is 11.3 Å². The molecule has 0 aliphatic heterocycles. The molecule has 1 aliphatic carbocycles. The van der Waals surface area contributed by atoms with Gasteiger partial charge in [-0.3, -0.25) is 4.98 Å². The van der Waals surface area contributed by atoms with Crippen molar-refractivity contribution in [3.63, 3.8) is 0 Å². The Balaban J connectivity index is 1.97. The standard InChI is InChI=1S/C15H13N3S/c16-10-12(9-11-5-7-17-8-6-11)15-18-13-3-1-2-4-14(13)19-15/h5-9H,1-4H2/b12-9+. The van der Waals surface area contributed by atoms with Gasteiger partial charge in [-0.05, 0) is 49.5 Å². The minimum atomic E-state index is 0.644. The number of aromatic nitrogens is 2. The van der Waals surface area contributed by atoms with Crippen LogP contribution in [0.2, 0.25) is 0 Å². The van der Waals surface area contributed by atoms with Crippen molar-refractivity contribution in [2.75, 3.05) is 0 Å². The van der Waals surface area contributed by atoms with Crippen LogP contribution in [0.3, 0.4) is 0 Å². The number of hydrogen-bond donors (Lipinski definition) is 0. The van der Waals surface area contributed by atoms with Crippen LogP contribution in [0.1, 0.15) is 34.0 Å². The van der Waals surface area contributed by atoms with E-state index in [9.17, 15) is 5.26 Å². The molecule has 3 rings (SSSR count). The highest BCUT2D eigenvalue weighted by Gasteiger charge is 2.16. The first-order chi connectivity index (χ1) is 9.36. The molecule has 2 aromatic rings. The number of thiazole rings is 1. The Kier molecular flexibility index (Phi) is 3.39. The molecule has 2 heterocycles. The molecule has 0 aromatic carbocycles. The van der Waals surface area contributed by atoms with Crippen molar-refractivity contribution in [1.29, 1.82) is 5.26 Å². The molecule has 0 N–H and O–H groups in total. The molecule has 0 saturated carbocycles. The predicted molar refractivity (Wildman–Crippen MR) is 76.5 cm³/mol. The zero-order valence-electron chi connectivity index (χ0n) is 10.5. The quantitative estimate of drug-likeness (QED) is 0.783. The van der Waals surface area contributed by atoms with Gasteiger partial charge in [0.25, 0.3) is 0 Å². The van der Waals surface area contributed by atoms with Gasteiger partial charge in [0.05, 0.1) is 11.3 Å². The Morgan fingerprint density at radius 2 is 2.05 bits per heavy atom. The lowest BCUT2D eigenvalue weighted by Gasteiger charge is -2.06. The van der Waals surface area contributed by atoms with E-state index in [1.807, 2.05) is 18.2 Å². The molecule has 3 nitrogen and oxygen atoms in total. The Morgan fingerprint density at radius 3 is 2.79 bits per heavy atom. The first-order valence-electron chi connectivity index (χ1n) is 6.37. The van der Waals surface area contributed by atoms with E-state index in [-0.39, 0.29) is 0 Å². The topological polar surface area (TPSA) is 49.6 Å². The molecule has 0 spiro atoms. The van der Waals surface area contributed by atoms with Crippen LogP contribution < -0.4 is 0 Å². The number of fused-ring (bicyclic) bond motifs is 1. The van der Waals surface area contributed by atoms with E-state index < -0.39 is 0 Å².